The van der Waals surface area contributed by atoms with Crippen LogP contribution in [0.2, 0.25) is 0 Å². The van der Waals surface area contributed by atoms with E-state index in [1.165, 1.54) is 11.3 Å². The third kappa shape index (κ3) is 3.50. The number of hydrogen-bond donors (Lipinski definition) is 0. The zero-order valence-electron chi connectivity index (χ0n) is 14.8. The summed E-state index contributed by atoms with van der Waals surface area (Å²) in [7, 11) is 0. The number of benzene rings is 2. The zero-order chi connectivity index (χ0) is 20.5. The first-order chi connectivity index (χ1) is 14.0. The fraction of sp³-hybridized carbons (Fsp3) is 0.0952. The van der Waals surface area contributed by atoms with Crippen molar-refractivity contribution in [3.8, 4) is 16.5 Å². The van der Waals surface area contributed by atoms with Crippen LogP contribution in [0.5, 0.6) is 0 Å². The van der Waals surface area contributed by atoms with Gasteiger partial charge in [-0.25, -0.2) is 4.98 Å². The molecule has 8 heteroatoms. The Morgan fingerprint density at radius 2 is 1.72 bits per heavy atom. The lowest BCUT2D eigenvalue weighted by Gasteiger charge is -2.14. The Labute approximate surface area is 178 Å². The Balaban J connectivity index is 1.54. The molecular weight excluding hydrogens is 454 g/mol. The quantitative estimate of drug-likeness (QED) is 0.530. The lowest BCUT2D eigenvalue weighted by atomic mass is 10.1. The number of rotatable bonds is 5. The number of imide groups is 1. The van der Waals surface area contributed by atoms with Crippen LogP contribution < -0.4 is 0 Å². The second kappa shape index (κ2) is 7.70. The zero-order valence-corrected chi connectivity index (χ0v) is 17.2. The van der Waals surface area contributed by atoms with Gasteiger partial charge < -0.3 is 0 Å². The first-order valence-corrected chi connectivity index (χ1v) is 10.2. The molecule has 1 aromatic heterocycles. The van der Waals surface area contributed by atoms with Gasteiger partial charge in [-0.3, -0.25) is 19.3 Å². The molecule has 1 aliphatic rings. The maximum Gasteiger partial charge on any atom is 0.261 e. The van der Waals surface area contributed by atoms with Crippen LogP contribution in [0.4, 0.5) is 0 Å². The minimum atomic E-state index is -1.14. The van der Waals surface area contributed by atoms with Gasteiger partial charge in [-0.2, -0.15) is 5.26 Å². The van der Waals surface area contributed by atoms with Crippen LogP contribution >= 0.6 is 27.3 Å². The van der Waals surface area contributed by atoms with E-state index in [4.69, 9.17) is 0 Å². The highest BCUT2D eigenvalue weighted by molar-refractivity contribution is 9.10. The lowest BCUT2D eigenvalue weighted by molar-refractivity contribution is -0.119. The summed E-state index contributed by atoms with van der Waals surface area (Å²) < 4.78 is 0.942. The number of carbonyl (C=O) groups excluding carboxylic acids is 3. The maximum absolute atomic E-state index is 12.8. The smallest absolute Gasteiger partial charge is 0.261 e. The fourth-order valence-corrected chi connectivity index (χ4v) is 4.32. The molecule has 142 valence electrons. The average molecular weight is 466 g/mol. The van der Waals surface area contributed by atoms with Gasteiger partial charge in [0.2, 0.25) is 0 Å². The highest BCUT2D eigenvalue weighted by atomic mass is 79.9. The molecule has 6 nitrogen and oxygen atoms in total. The number of nitriles is 1. The molecule has 0 N–H and O–H groups in total. The number of carbonyl (C=O) groups is 3. The highest BCUT2D eigenvalue weighted by Crippen LogP contribution is 2.31. The SMILES string of the molecule is N#C[C@H](C(=O)CN1C(=O)c2ccccc2C1=O)c1ncc(-c2ccc(Br)cc2)s1. The molecule has 1 aliphatic heterocycles. The van der Waals surface area contributed by atoms with E-state index < -0.39 is 30.1 Å². The number of fused-ring (bicyclic) bond motifs is 1. The van der Waals surface area contributed by atoms with Crippen LogP contribution in [-0.4, -0.2) is 34.0 Å². The average Bonchev–Trinajstić information content (AvgIpc) is 3.29. The molecule has 0 fully saturated rings. The summed E-state index contributed by atoms with van der Waals surface area (Å²) in [5, 5.41) is 9.89. The van der Waals surface area contributed by atoms with E-state index in [1.807, 2.05) is 30.3 Å². The van der Waals surface area contributed by atoms with Gasteiger partial charge in [0.15, 0.2) is 11.7 Å². The largest absolute Gasteiger partial charge is 0.296 e. The van der Waals surface area contributed by atoms with Gasteiger partial charge in [-0.1, -0.05) is 40.2 Å². The Hall–Kier alpha value is -3.15. The number of hydrogen-bond acceptors (Lipinski definition) is 6. The molecule has 0 aliphatic carbocycles. The fourth-order valence-electron chi connectivity index (χ4n) is 3.06. The number of nitrogens with zero attached hydrogens (tertiary/aromatic N) is 3. The molecule has 2 heterocycles. The Morgan fingerprint density at radius 1 is 1.10 bits per heavy atom. The Morgan fingerprint density at radius 3 is 2.31 bits per heavy atom. The van der Waals surface area contributed by atoms with E-state index in [9.17, 15) is 19.6 Å². The summed E-state index contributed by atoms with van der Waals surface area (Å²) in [6.07, 6.45) is 1.61. The molecule has 29 heavy (non-hydrogen) atoms. The van der Waals surface area contributed by atoms with Crippen LogP contribution in [0, 0.1) is 11.3 Å². The molecule has 0 radical (unpaired) electrons. The summed E-state index contributed by atoms with van der Waals surface area (Å²) in [4.78, 5) is 43.6. The molecule has 0 spiro atoms. The van der Waals surface area contributed by atoms with Crippen LogP contribution in [0.3, 0.4) is 0 Å². The second-order valence-electron chi connectivity index (χ2n) is 6.34. The number of amides is 2. The van der Waals surface area contributed by atoms with Crippen LogP contribution in [0.25, 0.3) is 10.4 Å². The van der Waals surface area contributed by atoms with E-state index in [0.29, 0.717) is 5.01 Å². The van der Waals surface area contributed by atoms with Crippen molar-refractivity contribution in [2.75, 3.05) is 6.54 Å². The van der Waals surface area contributed by atoms with Gasteiger partial charge in [-0.15, -0.1) is 11.3 Å². The predicted octanol–water partition coefficient (Wildman–Crippen LogP) is 4.05. The van der Waals surface area contributed by atoms with E-state index in [2.05, 4.69) is 20.9 Å². The van der Waals surface area contributed by atoms with Crippen molar-refractivity contribution in [1.29, 1.82) is 5.26 Å². The molecule has 0 saturated heterocycles. The predicted molar refractivity (Wildman–Crippen MR) is 110 cm³/mol. The number of ketones is 1. The van der Waals surface area contributed by atoms with Gasteiger partial charge in [0.05, 0.1) is 28.6 Å². The van der Waals surface area contributed by atoms with Gasteiger partial charge in [0.1, 0.15) is 5.01 Å². The van der Waals surface area contributed by atoms with E-state index in [0.717, 1.165) is 19.8 Å². The molecule has 0 bridgehead atoms. The van der Waals surface area contributed by atoms with Crippen LogP contribution in [0.1, 0.15) is 31.6 Å². The summed E-state index contributed by atoms with van der Waals surface area (Å²) >= 11 is 4.62. The third-order valence-corrected chi connectivity index (χ3v) is 6.18. The number of Topliss-reactive ketones (excluding diaryl/α,β-unsaturated/α-hetero) is 1. The topological polar surface area (TPSA) is 91.1 Å². The van der Waals surface area contributed by atoms with E-state index in [1.54, 1.807) is 30.5 Å². The number of aromatic nitrogens is 1. The molecule has 3 aromatic rings. The van der Waals surface area contributed by atoms with Crippen LogP contribution in [-0.2, 0) is 4.79 Å². The normalized spacial score (nSPS) is 13.9. The minimum Gasteiger partial charge on any atom is -0.296 e. The van der Waals surface area contributed by atoms with Crippen molar-refractivity contribution in [2.24, 2.45) is 0 Å². The monoisotopic (exact) mass is 465 g/mol. The van der Waals surface area contributed by atoms with Crippen molar-refractivity contribution < 1.29 is 14.4 Å². The third-order valence-electron chi connectivity index (χ3n) is 4.54. The second-order valence-corrected chi connectivity index (χ2v) is 8.32. The Kier molecular flexibility index (Phi) is 5.09. The van der Waals surface area contributed by atoms with Crippen molar-refractivity contribution >= 4 is 44.9 Å². The standard InChI is InChI=1S/C21H12BrN3O3S/c22-13-7-5-12(6-8-13)18-10-24-19(29-18)16(9-23)17(26)11-25-20(27)14-3-1-2-4-15(14)21(25)28/h1-8,10,16H,11H2/t16-/m1/s1. The van der Waals surface area contributed by atoms with Crippen molar-refractivity contribution in [3.05, 3.63) is 75.3 Å². The van der Waals surface area contributed by atoms with Gasteiger partial charge in [0.25, 0.3) is 11.8 Å². The number of thiazole rings is 1. The minimum absolute atomic E-state index is 0.269. The molecule has 2 aromatic carbocycles. The first-order valence-electron chi connectivity index (χ1n) is 8.59. The maximum atomic E-state index is 12.8. The van der Waals surface area contributed by atoms with Gasteiger partial charge in [0, 0.05) is 10.7 Å². The molecule has 1 atom stereocenters. The summed E-state index contributed by atoms with van der Waals surface area (Å²) in [5.41, 5.74) is 1.46. The van der Waals surface area contributed by atoms with Crippen molar-refractivity contribution in [2.45, 2.75) is 5.92 Å². The molecule has 4 rings (SSSR count). The molecular formula is C21H12BrN3O3S. The van der Waals surface area contributed by atoms with E-state index in [-0.39, 0.29) is 11.1 Å². The lowest BCUT2D eigenvalue weighted by Crippen LogP contribution is -2.36. The number of halogens is 1. The Bertz CT molecular complexity index is 1150. The summed E-state index contributed by atoms with van der Waals surface area (Å²) in [6.45, 7) is -0.461. The van der Waals surface area contributed by atoms with Crippen molar-refractivity contribution in [1.82, 2.24) is 9.88 Å². The van der Waals surface area contributed by atoms with Gasteiger partial charge >= 0.3 is 0 Å². The molecule has 2 amide bonds. The molecule has 0 unspecified atom stereocenters. The molecule has 0 saturated carbocycles. The van der Waals surface area contributed by atoms with E-state index >= 15 is 0 Å². The summed E-state index contributed by atoms with van der Waals surface area (Å²) in [6, 6.07) is 16.0. The summed E-state index contributed by atoms with van der Waals surface area (Å²) in [5.74, 6) is -2.73. The van der Waals surface area contributed by atoms with Crippen LogP contribution in [0.15, 0.2) is 59.2 Å². The van der Waals surface area contributed by atoms with Crippen molar-refractivity contribution in [3.63, 3.8) is 0 Å². The van der Waals surface area contributed by atoms with Gasteiger partial charge in [-0.05, 0) is 29.8 Å². The first kappa shape index (κ1) is 19.2. The highest BCUT2D eigenvalue weighted by Gasteiger charge is 2.38.